The highest BCUT2D eigenvalue weighted by Gasteiger charge is 2.09. The molecule has 0 saturated carbocycles. The highest BCUT2D eigenvalue weighted by Crippen LogP contribution is 2.19. The van der Waals surface area contributed by atoms with Crippen LogP contribution in [0.3, 0.4) is 0 Å². The lowest BCUT2D eigenvalue weighted by Gasteiger charge is -2.04. The van der Waals surface area contributed by atoms with Gasteiger partial charge in [0.25, 0.3) is 0 Å². The van der Waals surface area contributed by atoms with Crippen LogP contribution in [0.25, 0.3) is 0 Å². The van der Waals surface area contributed by atoms with Crippen LogP contribution in [0.1, 0.15) is 34.1 Å². The molecule has 1 rings (SSSR count). The minimum atomic E-state index is 0.0167. The first-order valence-corrected chi connectivity index (χ1v) is 5.61. The van der Waals surface area contributed by atoms with Crippen LogP contribution in [-0.4, -0.2) is 18.3 Å². The second kappa shape index (κ2) is 4.96. The van der Waals surface area contributed by atoms with Gasteiger partial charge in [-0.1, -0.05) is 6.92 Å². The quantitative estimate of drug-likeness (QED) is 0.433. The molecule has 0 aliphatic carbocycles. The molecule has 74 valence electrons. The van der Waals surface area contributed by atoms with Gasteiger partial charge in [-0.25, -0.2) is 0 Å². The molecule has 0 aliphatic heterocycles. The zero-order valence-electron chi connectivity index (χ0n) is 8.24. The molecular weight excluding hydrogens is 196 g/mol. The van der Waals surface area contributed by atoms with Crippen molar-refractivity contribution in [2.45, 2.75) is 18.2 Å². The molecule has 0 radical (unpaired) electrons. The second-order valence-corrected chi connectivity index (χ2v) is 3.73. The molecule has 1 aromatic rings. The van der Waals surface area contributed by atoms with E-state index < -0.39 is 0 Å². The van der Waals surface area contributed by atoms with Crippen molar-refractivity contribution >= 4 is 23.8 Å². The van der Waals surface area contributed by atoms with Crippen molar-refractivity contribution in [1.82, 2.24) is 0 Å². The van der Waals surface area contributed by atoms with E-state index in [9.17, 15) is 9.59 Å². The molecule has 1 aromatic carbocycles. The zero-order valence-corrected chi connectivity index (χ0v) is 9.06. The standard InChI is InChI=1S/C11H12O2S/c1-3-11(13)10-6-9(14-2)5-4-8(10)7-12/h4-7H,3H2,1-2H3. The summed E-state index contributed by atoms with van der Waals surface area (Å²) in [5.41, 5.74) is 1.02. The number of Topliss-reactive ketones (excluding diaryl/α,β-unsaturated/α-hetero) is 1. The van der Waals surface area contributed by atoms with Crippen LogP contribution in [0.2, 0.25) is 0 Å². The van der Waals surface area contributed by atoms with Crippen LogP contribution < -0.4 is 0 Å². The third-order valence-electron chi connectivity index (χ3n) is 2.01. The van der Waals surface area contributed by atoms with Crippen molar-refractivity contribution < 1.29 is 9.59 Å². The van der Waals surface area contributed by atoms with E-state index in [1.54, 1.807) is 30.8 Å². The molecule has 0 unspecified atom stereocenters. The predicted octanol–water partition coefficient (Wildman–Crippen LogP) is 2.81. The van der Waals surface area contributed by atoms with Crippen molar-refractivity contribution in [3.05, 3.63) is 29.3 Å². The average Bonchev–Trinajstić information content (AvgIpc) is 2.27. The van der Waals surface area contributed by atoms with Gasteiger partial charge in [0.15, 0.2) is 12.1 Å². The predicted molar refractivity (Wildman–Crippen MR) is 58.2 cm³/mol. The first kappa shape index (κ1) is 11.0. The van der Waals surface area contributed by atoms with Gasteiger partial charge in [0.2, 0.25) is 0 Å². The number of hydrogen-bond donors (Lipinski definition) is 0. The van der Waals surface area contributed by atoms with Gasteiger partial charge in [-0.15, -0.1) is 11.8 Å². The summed E-state index contributed by atoms with van der Waals surface area (Å²) in [5.74, 6) is 0.0167. The van der Waals surface area contributed by atoms with Gasteiger partial charge in [0.05, 0.1) is 0 Å². The van der Waals surface area contributed by atoms with E-state index in [1.165, 1.54) is 0 Å². The van der Waals surface area contributed by atoms with Crippen LogP contribution >= 0.6 is 11.8 Å². The third kappa shape index (κ3) is 2.23. The van der Waals surface area contributed by atoms with Crippen LogP contribution in [0.5, 0.6) is 0 Å². The normalized spacial score (nSPS) is 9.86. The number of carbonyl (C=O) groups excluding carboxylic acids is 2. The van der Waals surface area contributed by atoms with Gasteiger partial charge in [0, 0.05) is 22.4 Å². The van der Waals surface area contributed by atoms with Gasteiger partial charge in [0.1, 0.15) is 0 Å². The maximum Gasteiger partial charge on any atom is 0.163 e. The summed E-state index contributed by atoms with van der Waals surface area (Å²) in [6.07, 6.45) is 3.10. The number of carbonyl (C=O) groups is 2. The maximum atomic E-state index is 11.5. The number of rotatable bonds is 4. The minimum Gasteiger partial charge on any atom is -0.298 e. The van der Waals surface area contributed by atoms with E-state index >= 15 is 0 Å². The largest absolute Gasteiger partial charge is 0.298 e. The minimum absolute atomic E-state index is 0.0167. The smallest absolute Gasteiger partial charge is 0.163 e. The molecule has 3 heteroatoms. The Bertz CT molecular complexity index is 358. The first-order chi connectivity index (χ1) is 6.72. The summed E-state index contributed by atoms with van der Waals surface area (Å²) >= 11 is 1.56. The summed E-state index contributed by atoms with van der Waals surface area (Å²) in [6.45, 7) is 1.79. The van der Waals surface area contributed by atoms with Crippen LogP contribution in [0.15, 0.2) is 23.1 Å². The monoisotopic (exact) mass is 208 g/mol. The number of ketones is 1. The van der Waals surface area contributed by atoms with Crippen molar-refractivity contribution in [3.8, 4) is 0 Å². The molecule has 0 fully saturated rings. The van der Waals surface area contributed by atoms with Gasteiger partial charge in [-0.2, -0.15) is 0 Å². The molecule has 0 spiro atoms. The molecule has 0 amide bonds. The van der Waals surface area contributed by atoms with Crippen LogP contribution in [0, 0.1) is 0 Å². The van der Waals surface area contributed by atoms with Crippen molar-refractivity contribution in [1.29, 1.82) is 0 Å². The number of thioether (sulfide) groups is 1. The van der Waals surface area contributed by atoms with Crippen LogP contribution in [-0.2, 0) is 0 Å². The Balaban J connectivity index is 3.21. The van der Waals surface area contributed by atoms with E-state index in [-0.39, 0.29) is 5.78 Å². The van der Waals surface area contributed by atoms with Crippen molar-refractivity contribution in [2.24, 2.45) is 0 Å². The molecule has 0 heterocycles. The Hall–Kier alpha value is -1.09. The SMILES string of the molecule is CCC(=O)c1cc(SC)ccc1C=O. The molecule has 0 bridgehead atoms. The van der Waals surface area contributed by atoms with Gasteiger partial charge >= 0.3 is 0 Å². The maximum absolute atomic E-state index is 11.5. The van der Waals surface area contributed by atoms with Gasteiger partial charge in [-0.05, 0) is 24.5 Å². The highest BCUT2D eigenvalue weighted by atomic mass is 32.2. The molecule has 0 saturated heterocycles. The molecule has 0 aromatic heterocycles. The third-order valence-corrected chi connectivity index (χ3v) is 2.73. The van der Waals surface area contributed by atoms with E-state index in [1.807, 2.05) is 12.3 Å². The van der Waals surface area contributed by atoms with Crippen LogP contribution in [0.4, 0.5) is 0 Å². The summed E-state index contributed by atoms with van der Waals surface area (Å²) in [5, 5.41) is 0. The number of aldehydes is 1. The Labute approximate surface area is 87.7 Å². The van der Waals surface area contributed by atoms with E-state index in [0.717, 1.165) is 11.2 Å². The zero-order chi connectivity index (χ0) is 10.6. The number of hydrogen-bond acceptors (Lipinski definition) is 3. The van der Waals surface area contributed by atoms with Gasteiger partial charge < -0.3 is 0 Å². The van der Waals surface area contributed by atoms with Crippen molar-refractivity contribution in [2.75, 3.05) is 6.26 Å². The molecule has 0 aliphatic rings. The molecule has 0 N–H and O–H groups in total. The van der Waals surface area contributed by atoms with Gasteiger partial charge in [-0.3, -0.25) is 9.59 Å². The Morgan fingerprint density at radius 1 is 1.50 bits per heavy atom. The fraction of sp³-hybridized carbons (Fsp3) is 0.273. The lowest BCUT2D eigenvalue weighted by molar-refractivity contribution is 0.0981. The molecular formula is C11H12O2S. The fourth-order valence-electron chi connectivity index (χ4n) is 1.20. The molecule has 0 atom stereocenters. The second-order valence-electron chi connectivity index (χ2n) is 2.85. The summed E-state index contributed by atoms with van der Waals surface area (Å²) in [4.78, 5) is 23.2. The van der Waals surface area contributed by atoms with E-state index in [2.05, 4.69) is 0 Å². The summed E-state index contributed by atoms with van der Waals surface area (Å²) in [7, 11) is 0. The fourth-order valence-corrected chi connectivity index (χ4v) is 1.64. The Kier molecular flexibility index (Phi) is 3.89. The lowest BCUT2D eigenvalue weighted by atomic mass is 10.0. The Morgan fingerprint density at radius 2 is 2.21 bits per heavy atom. The molecule has 2 nitrogen and oxygen atoms in total. The first-order valence-electron chi connectivity index (χ1n) is 4.39. The lowest BCUT2D eigenvalue weighted by Crippen LogP contribution is -2.01. The van der Waals surface area contributed by atoms with E-state index in [4.69, 9.17) is 0 Å². The number of benzene rings is 1. The Morgan fingerprint density at radius 3 is 2.71 bits per heavy atom. The summed E-state index contributed by atoms with van der Waals surface area (Å²) < 4.78 is 0. The van der Waals surface area contributed by atoms with E-state index in [0.29, 0.717) is 17.5 Å². The average molecular weight is 208 g/mol. The van der Waals surface area contributed by atoms with Crippen molar-refractivity contribution in [3.63, 3.8) is 0 Å². The summed E-state index contributed by atoms with van der Waals surface area (Å²) in [6, 6.07) is 5.32. The topological polar surface area (TPSA) is 34.1 Å². The highest BCUT2D eigenvalue weighted by molar-refractivity contribution is 7.98. The molecule has 14 heavy (non-hydrogen) atoms.